The Bertz CT molecular complexity index is 6400. The van der Waals surface area contributed by atoms with Gasteiger partial charge in [0.15, 0.2) is 11.3 Å². The molecule has 9 heterocycles. The molecule has 0 amide bonds. The minimum atomic E-state index is 0.554. The lowest BCUT2D eigenvalue weighted by Gasteiger charge is -2.14. The zero-order valence-electron chi connectivity index (χ0n) is 46.3. The van der Waals surface area contributed by atoms with Crippen molar-refractivity contribution in [3.05, 3.63) is 261 Å². The first-order chi connectivity index (χ1) is 43.1. The van der Waals surface area contributed by atoms with E-state index in [1.165, 1.54) is 10.8 Å². The number of benzene rings is 11. The van der Waals surface area contributed by atoms with Gasteiger partial charge in [0.25, 0.3) is 0 Å². The third kappa shape index (κ3) is 6.44. The number of rotatable bonds is 5. The van der Waals surface area contributed by atoms with Crippen LogP contribution in [0.4, 0.5) is 0 Å². The van der Waals surface area contributed by atoms with E-state index in [2.05, 4.69) is 261 Å². The van der Waals surface area contributed by atoms with Gasteiger partial charge in [-0.05, 0) is 106 Å². The molecule has 0 aliphatic carbocycles. The van der Waals surface area contributed by atoms with Crippen LogP contribution in [0.25, 0.3) is 188 Å². The molecule has 0 N–H and O–H groups in total. The van der Waals surface area contributed by atoms with Crippen molar-refractivity contribution in [2.45, 2.75) is 0 Å². The fourth-order valence-electron chi connectivity index (χ4n) is 14.3. The molecule has 0 fully saturated rings. The minimum absolute atomic E-state index is 0.554. The molecular weight excluding hydrogens is 1070 g/mol. The SMILES string of the molecule is c1ccc2c(-c3ccc(-c4ccc5c(c4)c4nc6c7ccccc7c7ccccc7n6c4n5-c4nc(-c5ccc6oc7ccccc7c6c5)c5ccccc5n4)cc3)cc(-n3c4ccccc4c4nc5c6ccccc6c6ccccc6n5c43)nc2c1. The topological polar surface area (TPSA) is 96.3 Å². The van der Waals surface area contributed by atoms with Crippen LogP contribution in [0, 0.1) is 0 Å². The van der Waals surface area contributed by atoms with Crippen molar-refractivity contribution in [3.63, 3.8) is 0 Å². The van der Waals surface area contributed by atoms with E-state index in [1.807, 2.05) is 18.2 Å². The van der Waals surface area contributed by atoms with Gasteiger partial charge in [0.1, 0.15) is 39.3 Å². The summed E-state index contributed by atoms with van der Waals surface area (Å²) >= 11 is 0. The number of hydrogen-bond acceptors (Lipinski definition) is 6. The lowest BCUT2D eigenvalue weighted by Crippen LogP contribution is -2.05. The van der Waals surface area contributed by atoms with Crippen molar-refractivity contribution in [1.29, 1.82) is 0 Å². The van der Waals surface area contributed by atoms with Crippen molar-refractivity contribution in [3.8, 4) is 45.3 Å². The Morgan fingerprint density at radius 2 is 0.759 bits per heavy atom. The van der Waals surface area contributed by atoms with Crippen LogP contribution in [0.1, 0.15) is 0 Å². The Balaban J connectivity index is 0.784. The van der Waals surface area contributed by atoms with E-state index in [0.717, 1.165) is 171 Å². The molecule has 10 nitrogen and oxygen atoms in total. The van der Waals surface area contributed by atoms with Gasteiger partial charge in [0.2, 0.25) is 5.95 Å². The van der Waals surface area contributed by atoms with Gasteiger partial charge in [-0.25, -0.2) is 24.9 Å². The highest BCUT2D eigenvalue weighted by molar-refractivity contribution is 6.19. The number of furan rings is 1. The zero-order valence-corrected chi connectivity index (χ0v) is 46.3. The van der Waals surface area contributed by atoms with Crippen LogP contribution in [-0.4, -0.2) is 42.9 Å². The molecule has 0 bridgehead atoms. The van der Waals surface area contributed by atoms with Gasteiger partial charge >= 0.3 is 0 Å². The van der Waals surface area contributed by atoms with E-state index in [1.54, 1.807) is 0 Å². The van der Waals surface area contributed by atoms with Crippen LogP contribution in [0.3, 0.4) is 0 Å². The Morgan fingerprint density at radius 3 is 1.46 bits per heavy atom. The highest BCUT2D eigenvalue weighted by Crippen LogP contribution is 2.43. The maximum atomic E-state index is 6.31. The van der Waals surface area contributed by atoms with Crippen molar-refractivity contribution >= 4 is 143 Å². The predicted octanol–water partition coefficient (Wildman–Crippen LogP) is 19.2. The van der Waals surface area contributed by atoms with Crippen molar-refractivity contribution < 1.29 is 4.42 Å². The highest BCUT2D eigenvalue weighted by Gasteiger charge is 2.27. The fraction of sp³-hybridized carbons (Fsp3) is 0. The average Bonchev–Trinajstić information content (AvgIpc) is 1.99. The molecule has 9 aromatic heterocycles. The maximum Gasteiger partial charge on any atom is 0.237 e. The molecule has 0 radical (unpaired) electrons. The monoisotopic (exact) mass is 1110 g/mol. The van der Waals surface area contributed by atoms with E-state index >= 15 is 0 Å². The third-order valence-corrected chi connectivity index (χ3v) is 18.1. The molecule has 0 aliphatic heterocycles. The first-order valence-corrected chi connectivity index (χ1v) is 29.3. The van der Waals surface area contributed by atoms with E-state index in [4.69, 9.17) is 29.3 Å². The van der Waals surface area contributed by atoms with Gasteiger partial charge in [0.05, 0.1) is 38.8 Å². The summed E-state index contributed by atoms with van der Waals surface area (Å²) in [4.78, 5) is 27.7. The standard InChI is InChI=1S/C77H43N9O/c1-3-23-54-48(17-1)51-20-7-13-29-63(51)84-73(54)80-71-57-26-9-15-31-65(57)83(75(71)84)69-43-58(50-19-5-11-27-61(50)78-69)45-35-33-44(34-36-45)46-37-39-66-60(41-46)72-76(85-64-30-14-8-21-52(64)49-18-2-4-24-55(49)74(85)81-72)86(66)77-79-62-28-12-6-25-56(62)70(82-77)47-38-40-68-59(42-47)53-22-10-16-32-67(53)87-68/h1-43H. The average molecular weight is 1110 g/mol. The van der Waals surface area contributed by atoms with Gasteiger partial charge in [-0.1, -0.05) is 188 Å². The van der Waals surface area contributed by atoms with Crippen LogP contribution in [0.5, 0.6) is 0 Å². The molecule has 0 spiro atoms. The lowest BCUT2D eigenvalue weighted by atomic mass is 9.97. The number of aromatic nitrogens is 9. The van der Waals surface area contributed by atoms with E-state index in [9.17, 15) is 0 Å². The quantitative estimate of drug-likeness (QED) is 0.159. The first kappa shape index (κ1) is 46.5. The zero-order chi connectivity index (χ0) is 56.6. The van der Waals surface area contributed by atoms with Crippen LogP contribution < -0.4 is 0 Å². The molecule has 0 atom stereocenters. The smallest absolute Gasteiger partial charge is 0.237 e. The fourth-order valence-corrected chi connectivity index (χ4v) is 14.3. The summed E-state index contributed by atoms with van der Waals surface area (Å²) < 4.78 is 15.5. The first-order valence-electron chi connectivity index (χ1n) is 29.3. The number of pyridine rings is 3. The Labute approximate surface area is 493 Å². The normalized spacial score (nSPS) is 12.4. The second-order valence-electron chi connectivity index (χ2n) is 22.8. The van der Waals surface area contributed by atoms with Gasteiger partial charge in [-0.3, -0.25) is 17.9 Å². The molecule has 10 heteroatoms. The van der Waals surface area contributed by atoms with Crippen LogP contribution in [0.2, 0.25) is 0 Å². The summed E-state index contributed by atoms with van der Waals surface area (Å²) in [5.41, 5.74) is 19.2. The molecule has 0 unspecified atom stereocenters. The number of fused-ring (bicyclic) bond motifs is 25. The van der Waals surface area contributed by atoms with E-state index in [0.29, 0.717) is 5.95 Å². The second-order valence-corrected chi connectivity index (χ2v) is 22.8. The Morgan fingerprint density at radius 1 is 0.276 bits per heavy atom. The summed E-state index contributed by atoms with van der Waals surface area (Å²) in [5.74, 6) is 1.37. The van der Waals surface area contributed by atoms with Crippen LogP contribution >= 0.6 is 0 Å². The number of hydrogen-bond donors (Lipinski definition) is 0. The van der Waals surface area contributed by atoms with Crippen molar-refractivity contribution in [2.24, 2.45) is 0 Å². The second kappa shape index (κ2) is 17.3. The molecule has 87 heavy (non-hydrogen) atoms. The minimum Gasteiger partial charge on any atom is -0.456 e. The molecular formula is C77H43N9O. The summed E-state index contributed by atoms with van der Waals surface area (Å²) in [5, 5.41) is 13.0. The Hall–Kier alpha value is -12.0. The summed E-state index contributed by atoms with van der Waals surface area (Å²) in [6.07, 6.45) is 0. The highest BCUT2D eigenvalue weighted by atomic mass is 16.3. The van der Waals surface area contributed by atoms with Gasteiger partial charge in [-0.15, -0.1) is 0 Å². The molecule has 0 saturated carbocycles. The van der Waals surface area contributed by atoms with Crippen molar-refractivity contribution in [2.75, 3.05) is 0 Å². The molecule has 20 aromatic rings. The lowest BCUT2D eigenvalue weighted by molar-refractivity contribution is 0.669. The summed E-state index contributed by atoms with van der Waals surface area (Å²) in [6.45, 7) is 0. The Kier molecular flexibility index (Phi) is 9.24. The number of para-hydroxylation sites is 6. The van der Waals surface area contributed by atoms with Gasteiger partial charge < -0.3 is 4.42 Å². The number of nitrogens with zero attached hydrogens (tertiary/aromatic N) is 9. The number of imidazole rings is 2. The largest absolute Gasteiger partial charge is 0.456 e. The maximum absolute atomic E-state index is 6.31. The van der Waals surface area contributed by atoms with Gasteiger partial charge in [-0.2, -0.15) is 0 Å². The van der Waals surface area contributed by atoms with E-state index in [-0.39, 0.29) is 0 Å². The molecule has 402 valence electrons. The molecule has 20 rings (SSSR count). The van der Waals surface area contributed by atoms with Crippen molar-refractivity contribution in [1.82, 2.24) is 42.9 Å². The summed E-state index contributed by atoms with van der Waals surface area (Å²) in [7, 11) is 0. The van der Waals surface area contributed by atoms with Gasteiger partial charge in [0, 0.05) is 59.4 Å². The van der Waals surface area contributed by atoms with Crippen LogP contribution in [0.15, 0.2) is 265 Å². The van der Waals surface area contributed by atoms with Crippen LogP contribution in [-0.2, 0) is 0 Å². The summed E-state index contributed by atoms with van der Waals surface area (Å²) in [6, 6.07) is 92.4. The van der Waals surface area contributed by atoms with E-state index < -0.39 is 0 Å². The molecule has 11 aromatic carbocycles. The molecule has 0 saturated heterocycles. The molecule has 0 aliphatic rings. The third-order valence-electron chi connectivity index (χ3n) is 18.1. The predicted molar refractivity (Wildman–Crippen MR) is 355 cm³/mol.